The summed E-state index contributed by atoms with van der Waals surface area (Å²) in [6.07, 6.45) is 2.88. The quantitative estimate of drug-likeness (QED) is 0.913. The van der Waals surface area contributed by atoms with Crippen molar-refractivity contribution < 1.29 is 0 Å². The maximum absolute atomic E-state index is 9.69. The number of hydrogen-bond acceptors (Lipinski definition) is 3. The minimum absolute atomic E-state index is 0.419. The van der Waals surface area contributed by atoms with Crippen molar-refractivity contribution >= 4 is 5.69 Å². The Morgan fingerprint density at radius 2 is 2.10 bits per heavy atom. The number of hydrogen-bond donors (Lipinski definition) is 1. The minimum Gasteiger partial charge on any atom is -0.367 e. The number of likely N-dealkylation sites (tertiary alicyclic amines) is 1. The molecule has 1 heterocycles. The van der Waals surface area contributed by atoms with Gasteiger partial charge in [0, 0.05) is 18.3 Å². The van der Waals surface area contributed by atoms with E-state index in [4.69, 9.17) is 0 Å². The number of nitriles is 1. The lowest BCUT2D eigenvalue weighted by Crippen LogP contribution is -2.39. The van der Waals surface area contributed by atoms with Gasteiger partial charge in [0.05, 0.1) is 6.07 Å². The Hall–Kier alpha value is -1.53. The van der Waals surface area contributed by atoms with Gasteiger partial charge in [0.15, 0.2) is 0 Å². The maximum Gasteiger partial charge on any atom is 0.126 e. The summed E-state index contributed by atoms with van der Waals surface area (Å²) in [6.45, 7) is 8.62. The van der Waals surface area contributed by atoms with Crippen LogP contribution >= 0.6 is 0 Å². The van der Waals surface area contributed by atoms with Crippen LogP contribution in [0.25, 0.3) is 0 Å². The average molecular weight is 271 g/mol. The van der Waals surface area contributed by atoms with Gasteiger partial charge in [-0.05, 0) is 64.3 Å². The second-order valence-electron chi connectivity index (χ2n) is 6.17. The molecule has 1 aromatic rings. The van der Waals surface area contributed by atoms with E-state index < -0.39 is 5.54 Å². The van der Waals surface area contributed by atoms with Gasteiger partial charge < -0.3 is 10.2 Å². The molecule has 1 fully saturated rings. The van der Waals surface area contributed by atoms with E-state index >= 15 is 0 Å². The van der Waals surface area contributed by atoms with Crippen LogP contribution in [0.1, 0.15) is 38.7 Å². The molecule has 3 nitrogen and oxygen atoms in total. The summed E-state index contributed by atoms with van der Waals surface area (Å²) in [7, 11) is 0. The predicted molar refractivity (Wildman–Crippen MR) is 83.7 cm³/mol. The molecular weight excluding hydrogens is 246 g/mol. The summed E-state index contributed by atoms with van der Waals surface area (Å²) >= 11 is 0. The zero-order valence-corrected chi connectivity index (χ0v) is 12.8. The molecule has 1 aliphatic heterocycles. The molecule has 3 heteroatoms. The molecule has 0 aromatic heterocycles. The van der Waals surface area contributed by atoms with Gasteiger partial charge in [0.2, 0.25) is 0 Å². The fraction of sp³-hybridized carbons (Fsp3) is 0.588. The fourth-order valence-electron chi connectivity index (χ4n) is 2.94. The van der Waals surface area contributed by atoms with E-state index in [0.29, 0.717) is 6.04 Å². The van der Waals surface area contributed by atoms with E-state index in [9.17, 15) is 5.26 Å². The van der Waals surface area contributed by atoms with Gasteiger partial charge in [0.25, 0.3) is 0 Å². The molecule has 0 amide bonds. The molecule has 0 radical (unpaired) electrons. The van der Waals surface area contributed by atoms with Gasteiger partial charge in [-0.15, -0.1) is 0 Å². The first-order valence-corrected chi connectivity index (χ1v) is 7.55. The second-order valence-corrected chi connectivity index (χ2v) is 6.17. The van der Waals surface area contributed by atoms with Crippen molar-refractivity contribution in [2.45, 2.75) is 51.6 Å². The Labute approximate surface area is 122 Å². The van der Waals surface area contributed by atoms with Gasteiger partial charge in [-0.3, -0.25) is 0 Å². The number of nitrogens with one attached hydrogen (secondary N) is 1. The molecular formula is C17H25N3. The number of anilines is 1. The van der Waals surface area contributed by atoms with Crippen LogP contribution in [0.2, 0.25) is 0 Å². The topological polar surface area (TPSA) is 39.1 Å². The largest absolute Gasteiger partial charge is 0.367 e. The highest BCUT2D eigenvalue weighted by Crippen LogP contribution is 2.27. The lowest BCUT2D eigenvalue weighted by atomic mass is 9.91. The van der Waals surface area contributed by atoms with Gasteiger partial charge in [-0.2, -0.15) is 5.26 Å². The number of nitrogens with zero attached hydrogens (tertiary/aromatic N) is 2. The van der Waals surface area contributed by atoms with Gasteiger partial charge in [-0.25, -0.2) is 0 Å². The van der Waals surface area contributed by atoms with E-state index in [0.717, 1.165) is 38.0 Å². The molecule has 1 aliphatic rings. The molecule has 1 aromatic carbocycles. The highest BCUT2D eigenvalue weighted by molar-refractivity contribution is 5.49. The van der Waals surface area contributed by atoms with Crippen LogP contribution in [0.5, 0.6) is 0 Å². The van der Waals surface area contributed by atoms with Gasteiger partial charge in [-0.1, -0.05) is 12.1 Å². The Balaban J connectivity index is 2.12. The summed E-state index contributed by atoms with van der Waals surface area (Å²) in [4.78, 5) is 2.47. The van der Waals surface area contributed by atoms with Crippen LogP contribution in [0, 0.1) is 18.3 Å². The standard InChI is InChI=1S/C17H25N3/c1-14(2)20-10-5-8-17(13-18,9-11-20)19-16-7-4-6-15(3)12-16/h4,6-7,12,14,19H,5,8-11H2,1-3H3. The number of aryl methyl sites for hydroxylation is 1. The minimum atomic E-state index is -0.419. The van der Waals surface area contributed by atoms with E-state index in [1.54, 1.807) is 0 Å². The summed E-state index contributed by atoms with van der Waals surface area (Å²) in [5.74, 6) is 0. The third-order valence-electron chi connectivity index (χ3n) is 4.22. The molecule has 2 rings (SSSR count). The van der Waals surface area contributed by atoms with Crippen LogP contribution in [-0.2, 0) is 0 Å². The molecule has 0 saturated carbocycles. The molecule has 1 N–H and O–H groups in total. The van der Waals surface area contributed by atoms with Crippen molar-refractivity contribution in [3.05, 3.63) is 29.8 Å². The molecule has 1 unspecified atom stereocenters. The molecule has 0 bridgehead atoms. The third-order valence-corrected chi connectivity index (χ3v) is 4.22. The average Bonchev–Trinajstić information content (AvgIpc) is 2.62. The van der Waals surface area contributed by atoms with E-state index in [1.807, 2.05) is 6.07 Å². The second kappa shape index (κ2) is 6.28. The summed E-state index contributed by atoms with van der Waals surface area (Å²) in [5, 5.41) is 13.2. The SMILES string of the molecule is Cc1cccc(NC2(C#N)CCCN(C(C)C)CC2)c1. The van der Waals surface area contributed by atoms with Gasteiger partial charge in [0.1, 0.15) is 5.54 Å². The molecule has 0 aliphatic carbocycles. The van der Waals surface area contributed by atoms with Crippen LogP contribution in [-0.4, -0.2) is 29.6 Å². The summed E-state index contributed by atoms with van der Waals surface area (Å²) < 4.78 is 0. The molecule has 0 spiro atoms. The zero-order chi connectivity index (χ0) is 14.6. The Morgan fingerprint density at radius 1 is 1.30 bits per heavy atom. The van der Waals surface area contributed by atoms with Crippen LogP contribution < -0.4 is 5.32 Å². The number of benzene rings is 1. The van der Waals surface area contributed by atoms with Crippen molar-refractivity contribution in [1.82, 2.24) is 4.90 Å². The Kier molecular flexibility index (Phi) is 4.67. The maximum atomic E-state index is 9.69. The predicted octanol–water partition coefficient (Wildman–Crippen LogP) is 3.56. The summed E-state index contributed by atoms with van der Waals surface area (Å²) in [6, 6.07) is 11.4. The third kappa shape index (κ3) is 3.52. The molecule has 1 saturated heterocycles. The zero-order valence-electron chi connectivity index (χ0n) is 12.8. The number of rotatable bonds is 3. The molecule has 1 atom stereocenters. The van der Waals surface area contributed by atoms with Gasteiger partial charge >= 0.3 is 0 Å². The monoisotopic (exact) mass is 271 g/mol. The highest BCUT2D eigenvalue weighted by atomic mass is 15.2. The van der Waals surface area contributed by atoms with Crippen LogP contribution in [0.4, 0.5) is 5.69 Å². The molecule has 20 heavy (non-hydrogen) atoms. The smallest absolute Gasteiger partial charge is 0.126 e. The van der Waals surface area contributed by atoms with Crippen molar-refractivity contribution in [2.24, 2.45) is 0 Å². The lowest BCUT2D eigenvalue weighted by Gasteiger charge is -2.29. The van der Waals surface area contributed by atoms with Crippen molar-refractivity contribution in [2.75, 3.05) is 18.4 Å². The van der Waals surface area contributed by atoms with Crippen molar-refractivity contribution in [3.8, 4) is 6.07 Å². The first-order chi connectivity index (χ1) is 9.54. The Bertz CT molecular complexity index is 489. The van der Waals surface area contributed by atoms with E-state index in [2.05, 4.69) is 55.3 Å². The van der Waals surface area contributed by atoms with Crippen LogP contribution in [0.3, 0.4) is 0 Å². The lowest BCUT2D eigenvalue weighted by molar-refractivity contribution is 0.229. The Morgan fingerprint density at radius 3 is 2.75 bits per heavy atom. The first-order valence-electron chi connectivity index (χ1n) is 7.55. The highest BCUT2D eigenvalue weighted by Gasteiger charge is 2.33. The molecule has 108 valence electrons. The van der Waals surface area contributed by atoms with Crippen molar-refractivity contribution in [1.29, 1.82) is 5.26 Å². The fourth-order valence-corrected chi connectivity index (χ4v) is 2.94. The normalized spacial score (nSPS) is 24.1. The van der Waals surface area contributed by atoms with E-state index in [1.165, 1.54) is 5.56 Å². The van der Waals surface area contributed by atoms with E-state index in [-0.39, 0.29) is 0 Å². The summed E-state index contributed by atoms with van der Waals surface area (Å²) in [5.41, 5.74) is 1.86. The first kappa shape index (κ1) is 14.9. The van der Waals surface area contributed by atoms with Crippen molar-refractivity contribution in [3.63, 3.8) is 0 Å². The van der Waals surface area contributed by atoms with Crippen LogP contribution in [0.15, 0.2) is 24.3 Å².